The van der Waals surface area contributed by atoms with E-state index in [2.05, 4.69) is 26.7 Å². The number of carbonyl (C=O) groups is 1. The van der Waals surface area contributed by atoms with Crippen LogP contribution in [0, 0.1) is 11.3 Å². The highest BCUT2D eigenvalue weighted by Crippen LogP contribution is 2.46. The summed E-state index contributed by atoms with van der Waals surface area (Å²) >= 11 is 9.14. The van der Waals surface area contributed by atoms with Crippen LogP contribution in [0.1, 0.15) is 35.2 Å². The molecule has 1 saturated carbocycles. The Morgan fingerprint density at radius 2 is 2.00 bits per heavy atom. The van der Waals surface area contributed by atoms with Gasteiger partial charge in [0.2, 0.25) is 0 Å². The summed E-state index contributed by atoms with van der Waals surface area (Å²) < 4.78 is 33.6. The van der Waals surface area contributed by atoms with Crippen LogP contribution in [0.2, 0.25) is 5.02 Å². The number of methoxy groups -OCH3 is 1. The summed E-state index contributed by atoms with van der Waals surface area (Å²) in [5.74, 6) is -2.25. The number of hydrogen-bond acceptors (Lipinski definition) is 6. The average molecular weight is 516 g/mol. The van der Waals surface area contributed by atoms with Crippen molar-refractivity contribution in [2.75, 3.05) is 11.8 Å². The van der Waals surface area contributed by atoms with E-state index < -0.39 is 32.7 Å². The molecule has 30 heavy (non-hydrogen) atoms. The van der Waals surface area contributed by atoms with E-state index >= 15 is 0 Å². The van der Waals surface area contributed by atoms with Gasteiger partial charge < -0.3 is 14.9 Å². The van der Waals surface area contributed by atoms with Crippen molar-refractivity contribution in [2.45, 2.75) is 29.6 Å². The van der Waals surface area contributed by atoms with E-state index in [-0.39, 0.29) is 21.4 Å². The zero-order valence-electron chi connectivity index (χ0n) is 15.6. The lowest BCUT2D eigenvalue weighted by Crippen LogP contribution is -2.32. The van der Waals surface area contributed by atoms with E-state index in [9.17, 15) is 28.7 Å². The molecule has 0 bridgehead atoms. The molecule has 0 spiro atoms. The third-order valence-corrected chi connectivity index (χ3v) is 7.64. The van der Waals surface area contributed by atoms with Gasteiger partial charge in [-0.2, -0.15) is 5.26 Å². The number of ether oxygens (including phenoxy) is 1. The van der Waals surface area contributed by atoms with Crippen LogP contribution in [-0.4, -0.2) is 31.7 Å². The molecule has 0 amide bonds. The molecule has 0 unspecified atom stereocenters. The van der Waals surface area contributed by atoms with Crippen LogP contribution >= 0.6 is 27.5 Å². The van der Waals surface area contributed by atoms with E-state index in [1.807, 2.05) is 0 Å². The van der Waals surface area contributed by atoms with Gasteiger partial charge in [0.25, 0.3) is 10.0 Å². The van der Waals surface area contributed by atoms with Crippen LogP contribution in [-0.2, 0) is 15.4 Å². The minimum absolute atomic E-state index is 0.0442. The monoisotopic (exact) mass is 514 g/mol. The van der Waals surface area contributed by atoms with Gasteiger partial charge in [-0.3, -0.25) is 4.72 Å². The lowest BCUT2D eigenvalue weighted by molar-refractivity contribution is 0.0693. The highest BCUT2D eigenvalue weighted by atomic mass is 79.9. The molecule has 3 rings (SSSR count). The van der Waals surface area contributed by atoms with Crippen molar-refractivity contribution in [3.05, 3.63) is 44.9 Å². The van der Waals surface area contributed by atoms with Crippen LogP contribution in [0.25, 0.3) is 0 Å². The minimum atomic E-state index is -4.32. The normalized spacial score (nSPS) is 15.0. The maximum Gasteiger partial charge on any atom is 0.339 e. The van der Waals surface area contributed by atoms with Crippen LogP contribution < -0.4 is 9.46 Å². The molecule has 8 nitrogen and oxygen atoms in total. The number of benzene rings is 2. The summed E-state index contributed by atoms with van der Waals surface area (Å²) in [6.07, 6.45) is 1.81. The molecule has 1 fully saturated rings. The van der Waals surface area contributed by atoms with E-state index in [1.54, 1.807) is 0 Å². The average Bonchev–Trinajstić information content (AvgIpc) is 2.64. The van der Waals surface area contributed by atoms with Gasteiger partial charge in [-0.25, -0.2) is 13.2 Å². The summed E-state index contributed by atoms with van der Waals surface area (Å²) in [5.41, 5.74) is -1.44. The van der Waals surface area contributed by atoms with Gasteiger partial charge in [-0.15, -0.1) is 0 Å². The quantitative estimate of drug-likeness (QED) is 0.489. The SMILES string of the molecule is COc1cc(Cl)c(Br)cc1S(=O)(=O)Nc1cc(C2(C#N)CCC2)cc(C(=O)O)c1O. The number of phenols is 1. The Bertz CT molecular complexity index is 1190. The molecule has 158 valence electrons. The van der Waals surface area contributed by atoms with E-state index in [4.69, 9.17) is 16.3 Å². The molecule has 3 N–H and O–H groups in total. The number of aromatic hydroxyl groups is 1. The van der Waals surface area contributed by atoms with Crippen LogP contribution in [0.4, 0.5) is 5.69 Å². The number of anilines is 1. The van der Waals surface area contributed by atoms with Crippen molar-refractivity contribution in [2.24, 2.45) is 0 Å². The van der Waals surface area contributed by atoms with Crippen molar-refractivity contribution in [1.82, 2.24) is 0 Å². The highest BCUT2D eigenvalue weighted by Gasteiger charge is 2.40. The fourth-order valence-corrected chi connectivity index (χ4v) is 5.11. The second-order valence-electron chi connectivity index (χ2n) is 6.80. The molecule has 0 radical (unpaired) electrons. The number of nitrogens with zero attached hydrogens (tertiary/aromatic N) is 1. The van der Waals surface area contributed by atoms with Gasteiger partial charge >= 0.3 is 5.97 Å². The first-order valence-corrected chi connectivity index (χ1v) is 11.3. The predicted octanol–water partition coefficient (Wildman–Crippen LogP) is 4.26. The Morgan fingerprint density at radius 3 is 2.50 bits per heavy atom. The first kappa shape index (κ1) is 22.2. The van der Waals surface area contributed by atoms with E-state index in [0.29, 0.717) is 22.9 Å². The third kappa shape index (κ3) is 3.80. The Kier molecular flexibility index (Phi) is 5.91. The summed E-state index contributed by atoms with van der Waals surface area (Å²) in [6, 6.07) is 7.21. The number of rotatable bonds is 6. The van der Waals surface area contributed by atoms with E-state index in [0.717, 1.165) is 6.42 Å². The molecule has 11 heteroatoms. The second-order valence-corrected chi connectivity index (χ2v) is 9.71. The third-order valence-electron chi connectivity index (χ3n) is 5.05. The molecule has 0 atom stereocenters. The molecular formula is C19H16BrClN2O6S. The standard InChI is InChI=1S/C19H16BrClN2O6S/c1-29-15-8-13(21)12(20)7-16(15)30(27,28)23-14-6-10(19(9-22)3-2-4-19)5-11(17(14)24)18(25)26/h5-8,23-24H,2-4H2,1H3,(H,25,26). The molecule has 0 heterocycles. The minimum Gasteiger partial charge on any atom is -0.505 e. The first-order valence-electron chi connectivity index (χ1n) is 8.62. The lowest BCUT2D eigenvalue weighted by Gasteiger charge is -2.36. The summed E-state index contributed by atoms with van der Waals surface area (Å²) in [6.45, 7) is 0. The molecule has 2 aromatic rings. The number of hydrogen-bond donors (Lipinski definition) is 3. The highest BCUT2D eigenvalue weighted by molar-refractivity contribution is 9.10. The second kappa shape index (κ2) is 7.98. The van der Waals surface area contributed by atoms with Crippen molar-refractivity contribution >= 4 is 49.2 Å². The number of sulfonamides is 1. The van der Waals surface area contributed by atoms with Crippen LogP contribution in [0.5, 0.6) is 11.5 Å². The number of carboxylic acids is 1. The molecule has 2 aromatic carbocycles. The zero-order chi connectivity index (χ0) is 22.3. The molecule has 1 aliphatic rings. The molecule has 0 aliphatic heterocycles. The number of aromatic carboxylic acids is 1. The predicted molar refractivity (Wildman–Crippen MR) is 113 cm³/mol. The fraction of sp³-hybridized carbons (Fsp3) is 0.263. The van der Waals surface area contributed by atoms with Crippen LogP contribution in [0.15, 0.2) is 33.6 Å². The molecule has 0 aromatic heterocycles. The fourth-order valence-electron chi connectivity index (χ4n) is 3.23. The van der Waals surface area contributed by atoms with Crippen molar-refractivity contribution < 1.29 is 28.2 Å². The maximum atomic E-state index is 13.0. The Hall–Kier alpha value is -2.48. The van der Waals surface area contributed by atoms with Crippen molar-refractivity contribution in [3.8, 4) is 17.6 Å². The summed E-state index contributed by atoms with van der Waals surface area (Å²) in [5, 5.41) is 29.7. The molecular weight excluding hydrogens is 500 g/mol. The van der Waals surface area contributed by atoms with Gasteiger partial charge in [0.1, 0.15) is 16.2 Å². The lowest BCUT2D eigenvalue weighted by atomic mass is 9.65. The van der Waals surface area contributed by atoms with Gasteiger partial charge in [0.05, 0.1) is 29.3 Å². The zero-order valence-corrected chi connectivity index (χ0v) is 18.7. The van der Waals surface area contributed by atoms with Crippen molar-refractivity contribution in [1.29, 1.82) is 5.26 Å². The number of nitriles is 1. The Balaban J connectivity index is 2.15. The topological polar surface area (TPSA) is 137 Å². The summed E-state index contributed by atoms with van der Waals surface area (Å²) in [7, 11) is -3.05. The molecule has 1 aliphatic carbocycles. The maximum absolute atomic E-state index is 13.0. The largest absolute Gasteiger partial charge is 0.505 e. The van der Waals surface area contributed by atoms with Gasteiger partial charge in [0, 0.05) is 10.5 Å². The number of halogens is 2. The van der Waals surface area contributed by atoms with Gasteiger partial charge in [-0.05, 0) is 59.0 Å². The first-order chi connectivity index (χ1) is 14.0. The van der Waals surface area contributed by atoms with Gasteiger partial charge in [0.15, 0.2) is 5.75 Å². The van der Waals surface area contributed by atoms with Gasteiger partial charge in [-0.1, -0.05) is 11.6 Å². The number of carboxylic acid groups (broad SMARTS) is 1. The Labute approximate surface area is 186 Å². The number of nitrogens with one attached hydrogen (secondary N) is 1. The van der Waals surface area contributed by atoms with Crippen LogP contribution in [0.3, 0.4) is 0 Å². The van der Waals surface area contributed by atoms with Crippen molar-refractivity contribution in [3.63, 3.8) is 0 Å². The summed E-state index contributed by atoms with van der Waals surface area (Å²) in [4.78, 5) is 11.3. The molecule has 0 saturated heterocycles. The van der Waals surface area contributed by atoms with E-state index in [1.165, 1.54) is 31.4 Å². The Morgan fingerprint density at radius 1 is 1.33 bits per heavy atom. The smallest absolute Gasteiger partial charge is 0.339 e.